The minimum Gasteiger partial charge on any atom is -0.306 e. The molecule has 0 spiro atoms. The summed E-state index contributed by atoms with van der Waals surface area (Å²) in [5.74, 6) is 1.18. The summed E-state index contributed by atoms with van der Waals surface area (Å²) in [5, 5.41) is 4.63. The lowest BCUT2D eigenvalue weighted by molar-refractivity contribution is 0.260. The first kappa shape index (κ1) is 16.2. The van der Waals surface area contributed by atoms with Gasteiger partial charge in [-0.05, 0) is 55.9 Å². The van der Waals surface area contributed by atoms with E-state index in [2.05, 4.69) is 43.1 Å². The van der Waals surface area contributed by atoms with Crippen molar-refractivity contribution in [3.05, 3.63) is 28.8 Å². The zero-order valence-electron chi connectivity index (χ0n) is 12.7. The zero-order chi connectivity index (χ0) is 14.5. The molecule has 0 radical (unpaired) electrons. The molecule has 0 bridgehead atoms. The summed E-state index contributed by atoms with van der Waals surface area (Å²) in [6, 6.07) is 7.22. The summed E-state index contributed by atoms with van der Waals surface area (Å²) in [5.41, 5.74) is 1.38. The van der Waals surface area contributed by atoms with Gasteiger partial charge in [-0.25, -0.2) is 0 Å². The van der Waals surface area contributed by atoms with Crippen LogP contribution in [0.3, 0.4) is 0 Å². The van der Waals surface area contributed by atoms with E-state index in [0.29, 0.717) is 12.1 Å². The van der Waals surface area contributed by atoms with E-state index in [1.54, 1.807) is 0 Å². The first-order valence-electron chi connectivity index (χ1n) is 7.54. The van der Waals surface area contributed by atoms with Gasteiger partial charge in [0.1, 0.15) is 0 Å². The van der Waals surface area contributed by atoms with Crippen molar-refractivity contribution in [3.8, 4) is 0 Å². The van der Waals surface area contributed by atoms with Gasteiger partial charge in [-0.15, -0.1) is 11.8 Å². The standard InChI is InChI=1S/C16H25ClN2S/c1-4-19(5-2)11-12(3)18-15-8-9-20-16-7-6-13(17)10-14(15)16/h6-7,10,12,15,18H,4-5,8-9,11H2,1-3H3. The van der Waals surface area contributed by atoms with Crippen molar-refractivity contribution in [1.29, 1.82) is 0 Å². The number of thioether (sulfide) groups is 1. The summed E-state index contributed by atoms with van der Waals surface area (Å²) in [7, 11) is 0. The maximum absolute atomic E-state index is 6.16. The second kappa shape index (κ2) is 7.69. The molecule has 1 aromatic rings. The maximum Gasteiger partial charge on any atom is 0.0410 e. The van der Waals surface area contributed by atoms with Gasteiger partial charge in [0, 0.05) is 28.5 Å². The van der Waals surface area contributed by atoms with Crippen LogP contribution in [0.15, 0.2) is 23.1 Å². The lowest BCUT2D eigenvalue weighted by Crippen LogP contribution is -2.41. The number of benzene rings is 1. The lowest BCUT2D eigenvalue weighted by atomic mass is 10.0. The lowest BCUT2D eigenvalue weighted by Gasteiger charge is -2.31. The number of halogens is 1. The average molecular weight is 313 g/mol. The fraction of sp³-hybridized carbons (Fsp3) is 0.625. The molecule has 0 saturated heterocycles. The maximum atomic E-state index is 6.16. The highest BCUT2D eigenvalue weighted by atomic mass is 35.5. The van der Waals surface area contributed by atoms with Crippen LogP contribution in [0.1, 0.15) is 38.8 Å². The van der Waals surface area contributed by atoms with Gasteiger partial charge in [-0.2, -0.15) is 0 Å². The number of nitrogens with zero attached hydrogens (tertiary/aromatic N) is 1. The van der Waals surface area contributed by atoms with E-state index in [0.717, 1.165) is 24.7 Å². The third-order valence-corrected chi connectivity index (χ3v) is 5.28. The third kappa shape index (κ3) is 4.14. The van der Waals surface area contributed by atoms with Crippen LogP contribution >= 0.6 is 23.4 Å². The highest BCUT2D eigenvalue weighted by molar-refractivity contribution is 7.99. The van der Waals surface area contributed by atoms with Gasteiger partial charge < -0.3 is 10.2 Å². The van der Waals surface area contributed by atoms with E-state index in [1.165, 1.54) is 22.6 Å². The second-order valence-corrected chi connectivity index (χ2v) is 7.00. The average Bonchev–Trinajstić information content (AvgIpc) is 2.45. The van der Waals surface area contributed by atoms with Crippen molar-refractivity contribution in [3.63, 3.8) is 0 Å². The second-order valence-electron chi connectivity index (χ2n) is 5.43. The molecule has 112 valence electrons. The molecule has 2 atom stereocenters. The largest absolute Gasteiger partial charge is 0.306 e. The fourth-order valence-corrected chi connectivity index (χ4v) is 4.09. The zero-order valence-corrected chi connectivity index (χ0v) is 14.2. The molecular formula is C16H25ClN2S. The molecule has 0 saturated carbocycles. The fourth-order valence-electron chi connectivity index (χ4n) is 2.80. The Balaban J connectivity index is 2.02. The van der Waals surface area contributed by atoms with E-state index < -0.39 is 0 Å². The molecule has 4 heteroatoms. The number of rotatable bonds is 6. The number of nitrogens with one attached hydrogen (secondary N) is 1. The van der Waals surface area contributed by atoms with Crippen LogP contribution in [-0.2, 0) is 0 Å². The minimum atomic E-state index is 0.440. The number of likely N-dealkylation sites (N-methyl/N-ethyl adjacent to an activating group) is 1. The van der Waals surface area contributed by atoms with Gasteiger partial charge in [0.2, 0.25) is 0 Å². The van der Waals surface area contributed by atoms with Crippen molar-refractivity contribution in [2.75, 3.05) is 25.4 Å². The van der Waals surface area contributed by atoms with E-state index >= 15 is 0 Å². The first-order chi connectivity index (χ1) is 9.63. The van der Waals surface area contributed by atoms with Crippen LogP contribution in [0.2, 0.25) is 5.02 Å². The molecule has 2 unspecified atom stereocenters. The van der Waals surface area contributed by atoms with Crippen LogP contribution in [-0.4, -0.2) is 36.3 Å². The third-order valence-electron chi connectivity index (χ3n) is 3.92. The summed E-state index contributed by atoms with van der Waals surface area (Å²) in [6.45, 7) is 10.1. The Hall–Kier alpha value is -0.220. The van der Waals surface area contributed by atoms with Gasteiger partial charge in [0.05, 0.1) is 0 Å². The van der Waals surface area contributed by atoms with Crippen LogP contribution in [0.25, 0.3) is 0 Å². The summed E-state index contributed by atoms with van der Waals surface area (Å²) in [6.07, 6.45) is 1.18. The van der Waals surface area contributed by atoms with Crippen molar-refractivity contribution in [2.45, 2.75) is 44.2 Å². The van der Waals surface area contributed by atoms with Gasteiger partial charge in [-0.1, -0.05) is 25.4 Å². The number of hydrogen-bond donors (Lipinski definition) is 1. The molecule has 2 rings (SSSR count). The molecule has 1 aromatic carbocycles. The molecule has 20 heavy (non-hydrogen) atoms. The quantitative estimate of drug-likeness (QED) is 0.847. The first-order valence-corrected chi connectivity index (χ1v) is 8.91. The molecule has 0 aliphatic carbocycles. The van der Waals surface area contributed by atoms with Crippen LogP contribution in [0.5, 0.6) is 0 Å². The summed E-state index contributed by atoms with van der Waals surface area (Å²) in [4.78, 5) is 3.85. The van der Waals surface area contributed by atoms with Crippen LogP contribution < -0.4 is 5.32 Å². The molecule has 1 heterocycles. The van der Waals surface area contributed by atoms with Crippen LogP contribution in [0, 0.1) is 0 Å². The van der Waals surface area contributed by atoms with Gasteiger partial charge in [0.25, 0.3) is 0 Å². The molecular weight excluding hydrogens is 288 g/mol. The number of hydrogen-bond acceptors (Lipinski definition) is 3. The highest BCUT2D eigenvalue weighted by Gasteiger charge is 2.22. The predicted octanol–water partition coefficient (Wildman–Crippen LogP) is 4.20. The number of fused-ring (bicyclic) bond motifs is 1. The van der Waals surface area contributed by atoms with E-state index in [4.69, 9.17) is 11.6 Å². The molecule has 1 aliphatic heterocycles. The monoisotopic (exact) mass is 312 g/mol. The van der Waals surface area contributed by atoms with Crippen molar-refractivity contribution < 1.29 is 0 Å². The Morgan fingerprint density at radius 2 is 2.15 bits per heavy atom. The highest BCUT2D eigenvalue weighted by Crippen LogP contribution is 2.37. The topological polar surface area (TPSA) is 15.3 Å². The molecule has 1 aliphatic rings. The Labute approximate surface area is 132 Å². The Kier molecular flexibility index (Phi) is 6.21. The van der Waals surface area contributed by atoms with Gasteiger partial charge >= 0.3 is 0 Å². The Morgan fingerprint density at radius 1 is 1.40 bits per heavy atom. The molecule has 2 nitrogen and oxygen atoms in total. The van der Waals surface area contributed by atoms with E-state index in [-0.39, 0.29) is 0 Å². The molecule has 0 fully saturated rings. The minimum absolute atomic E-state index is 0.440. The smallest absolute Gasteiger partial charge is 0.0410 e. The molecule has 0 amide bonds. The molecule has 1 N–H and O–H groups in total. The summed E-state index contributed by atoms with van der Waals surface area (Å²) < 4.78 is 0. The Morgan fingerprint density at radius 3 is 2.85 bits per heavy atom. The molecule has 0 aromatic heterocycles. The SMILES string of the molecule is CCN(CC)CC(C)NC1CCSc2ccc(Cl)cc21. The van der Waals surface area contributed by atoms with Crippen molar-refractivity contribution >= 4 is 23.4 Å². The summed E-state index contributed by atoms with van der Waals surface area (Å²) >= 11 is 8.10. The van der Waals surface area contributed by atoms with Gasteiger partial charge in [0.15, 0.2) is 0 Å². The predicted molar refractivity (Wildman–Crippen MR) is 89.9 cm³/mol. The van der Waals surface area contributed by atoms with Crippen molar-refractivity contribution in [1.82, 2.24) is 10.2 Å². The normalized spacial score (nSPS) is 19.9. The van der Waals surface area contributed by atoms with Gasteiger partial charge in [-0.3, -0.25) is 0 Å². The van der Waals surface area contributed by atoms with E-state index in [9.17, 15) is 0 Å². The Bertz CT molecular complexity index is 434. The van der Waals surface area contributed by atoms with Crippen molar-refractivity contribution in [2.24, 2.45) is 0 Å². The van der Waals surface area contributed by atoms with Crippen LogP contribution in [0.4, 0.5) is 0 Å². The van der Waals surface area contributed by atoms with E-state index in [1.807, 2.05) is 17.8 Å².